The number of fused-ring (bicyclic) bond motifs is 1. The highest BCUT2D eigenvalue weighted by molar-refractivity contribution is 7.10. The lowest BCUT2D eigenvalue weighted by Crippen LogP contribution is -2.39. The standard InChI is InChI=1S/C29H25FN2O5S2/c1-4-36-28(34)24-17(2)31-29-32(25(24)22-13-8-14-38-22)27(33)23(39-29)15-18-10-7-12-21(35-3)26(18)37-16-19-9-5-6-11-20(19)30/h5-15,25H,4,16H2,1-3H3/b23-15-/t25-/m0/s1. The van der Waals surface area contributed by atoms with Crippen molar-refractivity contribution in [2.75, 3.05) is 13.7 Å². The van der Waals surface area contributed by atoms with Crippen LogP contribution >= 0.6 is 22.7 Å². The Kier molecular flexibility index (Phi) is 7.76. The van der Waals surface area contributed by atoms with Gasteiger partial charge in [0.05, 0.1) is 29.5 Å². The van der Waals surface area contributed by atoms with E-state index in [2.05, 4.69) is 4.99 Å². The van der Waals surface area contributed by atoms with Gasteiger partial charge in [0.15, 0.2) is 16.3 Å². The van der Waals surface area contributed by atoms with Crippen LogP contribution in [0, 0.1) is 5.82 Å². The van der Waals surface area contributed by atoms with Crippen LogP contribution in [0.1, 0.15) is 35.9 Å². The van der Waals surface area contributed by atoms with Crippen LogP contribution in [-0.4, -0.2) is 24.3 Å². The molecule has 0 saturated heterocycles. The summed E-state index contributed by atoms with van der Waals surface area (Å²) in [5, 5.41) is 1.90. The summed E-state index contributed by atoms with van der Waals surface area (Å²) in [4.78, 5) is 32.7. The number of carbonyl (C=O) groups is 1. The highest BCUT2D eigenvalue weighted by Crippen LogP contribution is 2.34. The summed E-state index contributed by atoms with van der Waals surface area (Å²) in [5.74, 6) is -0.0382. The fourth-order valence-electron chi connectivity index (χ4n) is 4.38. The van der Waals surface area contributed by atoms with Crippen LogP contribution in [0.4, 0.5) is 4.39 Å². The number of thiophene rings is 1. The minimum atomic E-state index is -0.649. The lowest BCUT2D eigenvalue weighted by Gasteiger charge is -2.23. The lowest BCUT2D eigenvalue weighted by atomic mass is 10.0. The zero-order chi connectivity index (χ0) is 27.5. The van der Waals surface area contributed by atoms with Gasteiger partial charge < -0.3 is 14.2 Å². The molecule has 39 heavy (non-hydrogen) atoms. The second-order valence-electron chi connectivity index (χ2n) is 8.58. The van der Waals surface area contributed by atoms with Gasteiger partial charge >= 0.3 is 5.97 Å². The van der Waals surface area contributed by atoms with E-state index in [0.29, 0.717) is 43.2 Å². The lowest BCUT2D eigenvalue weighted by molar-refractivity contribution is -0.139. The predicted molar refractivity (Wildman–Crippen MR) is 148 cm³/mol. The van der Waals surface area contributed by atoms with Crippen molar-refractivity contribution in [1.29, 1.82) is 0 Å². The maximum Gasteiger partial charge on any atom is 0.338 e. The van der Waals surface area contributed by atoms with Crippen molar-refractivity contribution < 1.29 is 23.4 Å². The number of nitrogens with zero attached hydrogens (tertiary/aromatic N) is 2. The molecule has 1 aliphatic rings. The van der Waals surface area contributed by atoms with E-state index in [1.807, 2.05) is 17.5 Å². The summed E-state index contributed by atoms with van der Waals surface area (Å²) >= 11 is 2.67. The van der Waals surface area contributed by atoms with Crippen LogP contribution in [-0.2, 0) is 16.1 Å². The minimum absolute atomic E-state index is 0.0182. The number of esters is 1. The Hall–Kier alpha value is -4.02. The van der Waals surface area contributed by atoms with E-state index in [-0.39, 0.29) is 24.6 Å². The molecule has 7 nitrogen and oxygen atoms in total. The Balaban J connectivity index is 1.62. The third-order valence-electron chi connectivity index (χ3n) is 6.18. The summed E-state index contributed by atoms with van der Waals surface area (Å²) < 4.78 is 33.0. The minimum Gasteiger partial charge on any atom is -0.493 e. The van der Waals surface area contributed by atoms with Crippen molar-refractivity contribution in [1.82, 2.24) is 4.57 Å². The van der Waals surface area contributed by atoms with E-state index in [9.17, 15) is 14.0 Å². The fraction of sp³-hybridized carbons (Fsp3) is 0.207. The molecule has 4 aromatic rings. The second-order valence-corrected chi connectivity index (χ2v) is 10.6. The number of para-hydroxylation sites is 1. The highest BCUT2D eigenvalue weighted by Gasteiger charge is 2.34. The third kappa shape index (κ3) is 5.17. The first-order chi connectivity index (χ1) is 18.9. The monoisotopic (exact) mass is 564 g/mol. The molecule has 0 N–H and O–H groups in total. The number of hydrogen-bond acceptors (Lipinski definition) is 8. The molecule has 0 aliphatic carbocycles. The van der Waals surface area contributed by atoms with Gasteiger partial charge in [-0.2, -0.15) is 0 Å². The molecule has 0 saturated carbocycles. The molecule has 10 heteroatoms. The van der Waals surface area contributed by atoms with Crippen LogP contribution in [0.3, 0.4) is 0 Å². The first-order valence-corrected chi connectivity index (χ1v) is 13.9. The Morgan fingerprint density at radius 1 is 1.15 bits per heavy atom. The number of halogens is 1. The average molecular weight is 565 g/mol. The van der Waals surface area contributed by atoms with Gasteiger partial charge in [-0.3, -0.25) is 9.36 Å². The molecule has 1 atom stereocenters. The van der Waals surface area contributed by atoms with E-state index >= 15 is 0 Å². The smallest absolute Gasteiger partial charge is 0.338 e. The maximum atomic E-state index is 14.2. The van der Waals surface area contributed by atoms with Crippen molar-refractivity contribution in [2.24, 2.45) is 4.99 Å². The maximum absolute atomic E-state index is 14.2. The Morgan fingerprint density at radius 2 is 1.97 bits per heavy atom. The van der Waals surface area contributed by atoms with Crippen LogP contribution in [0.15, 0.2) is 81.0 Å². The number of hydrogen-bond donors (Lipinski definition) is 0. The first kappa shape index (κ1) is 26.6. The number of allylic oxidation sites excluding steroid dienone is 1. The van der Waals surface area contributed by atoms with Gasteiger partial charge in [0, 0.05) is 16.0 Å². The predicted octanol–water partition coefficient (Wildman–Crippen LogP) is 4.59. The van der Waals surface area contributed by atoms with Gasteiger partial charge in [-0.05, 0) is 43.5 Å². The molecule has 1 aliphatic heterocycles. The molecule has 0 radical (unpaired) electrons. The third-order valence-corrected chi connectivity index (χ3v) is 8.08. The van der Waals surface area contributed by atoms with Gasteiger partial charge in [0.2, 0.25) is 0 Å². The molecule has 200 valence electrons. The van der Waals surface area contributed by atoms with Crippen LogP contribution in [0.5, 0.6) is 11.5 Å². The molecule has 0 amide bonds. The Bertz CT molecular complexity index is 1740. The molecule has 0 unspecified atom stereocenters. The average Bonchev–Trinajstić information content (AvgIpc) is 3.56. The fourth-order valence-corrected chi connectivity index (χ4v) is 6.24. The largest absolute Gasteiger partial charge is 0.493 e. The molecule has 0 fully saturated rings. The summed E-state index contributed by atoms with van der Waals surface area (Å²) in [6.45, 7) is 3.68. The zero-order valence-electron chi connectivity index (χ0n) is 21.5. The molecular formula is C29H25FN2O5S2. The van der Waals surface area contributed by atoms with E-state index < -0.39 is 12.0 Å². The quantitative estimate of drug-likeness (QED) is 0.293. The Morgan fingerprint density at radius 3 is 2.69 bits per heavy atom. The summed E-state index contributed by atoms with van der Waals surface area (Å²) in [6.07, 6.45) is 1.71. The second kappa shape index (κ2) is 11.4. The molecule has 0 spiro atoms. The van der Waals surface area contributed by atoms with Gasteiger partial charge in [-0.25, -0.2) is 14.2 Å². The van der Waals surface area contributed by atoms with E-state index in [0.717, 1.165) is 4.88 Å². The normalized spacial score (nSPS) is 15.1. The number of carbonyl (C=O) groups excluding carboxylic acids is 1. The molecule has 5 rings (SSSR count). The van der Waals surface area contributed by atoms with Crippen LogP contribution in [0.2, 0.25) is 0 Å². The topological polar surface area (TPSA) is 79.1 Å². The Labute approximate surface area is 231 Å². The molecule has 3 heterocycles. The molecular weight excluding hydrogens is 539 g/mol. The van der Waals surface area contributed by atoms with Gasteiger partial charge in [-0.15, -0.1) is 11.3 Å². The summed E-state index contributed by atoms with van der Waals surface area (Å²) in [6, 6.07) is 14.8. The van der Waals surface area contributed by atoms with E-state index in [1.54, 1.807) is 60.9 Å². The van der Waals surface area contributed by atoms with Crippen molar-refractivity contribution in [3.05, 3.63) is 113 Å². The van der Waals surface area contributed by atoms with Gasteiger partial charge in [0.25, 0.3) is 5.56 Å². The molecule has 0 bridgehead atoms. The number of benzene rings is 2. The molecule has 2 aromatic carbocycles. The highest BCUT2D eigenvalue weighted by atomic mass is 32.1. The van der Waals surface area contributed by atoms with Crippen molar-refractivity contribution in [2.45, 2.75) is 26.5 Å². The number of ether oxygens (including phenoxy) is 3. The van der Waals surface area contributed by atoms with Crippen molar-refractivity contribution >= 4 is 34.7 Å². The zero-order valence-corrected chi connectivity index (χ0v) is 23.1. The summed E-state index contributed by atoms with van der Waals surface area (Å²) in [7, 11) is 1.52. The number of aromatic nitrogens is 1. The number of thiazole rings is 1. The van der Waals surface area contributed by atoms with Crippen LogP contribution < -0.4 is 24.4 Å². The number of rotatable bonds is 8. The van der Waals surface area contributed by atoms with Crippen molar-refractivity contribution in [3.63, 3.8) is 0 Å². The summed E-state index contributed by atoms with van der Waals surface area (Å²) in [5.41, 5.74) is 1.54. The first-order valence-electron chi connectivity index (χ1n) is 12.2. The van der Waals surface area contributed by atoms with E-state index in [1.165, 1.54) is 35.8 Å². The SMILES string of the molecule is CCOC(=O)C1=C(C)N=c2s/c(=C\c3cccc(OC)c3OCc3ccccc3F)c(=O)n2[C@H]1c1cccs1. The number of methoxy groups -OCH3 is 1. The van der Waals surface area contributed by atoms with Gasteiger partial charge in [-0.1, -0.05) is 47.7 Å². The van der Waals surface area contributed by atoms with Crippen molar-refractivity contribution in [3.8, 4) is 11.5 Å². The van der Waals surface area contributed by atoms with Crippen LogP contribution in [0.25, 0.3) is 6.08 Å². The molecule has 2 aromatic heterocycles. The van der Waals surface area contributed by atoms with Gasteiger partial charge in [0.1, 0.15) is 18.5 Å². The van der Waals surface area contributed by atoms with E-state index in [4.69, 9.17) is 14.2 Å².